The van der Waals surface area contributed by atoms with Crippen LogP contribution in [0.15, 0.2) is 60.8 Å². The van der Waals surface area contributed by atoms with Crippen molar-refractivity contribution in [2.75, 3.05) is 17.2 Å². The maximum atomic E-state index is 13.5. The molecule has 0 saturated carbocycles. The summed E-state index contributed by atoms with van der Waals surface area (Å²) < 4.78 is 79.8. The molecule has 2 heterocycles. The molecule has 2 N–H and O–H groups in total. The van der Waals surface area contributed by atoms with Crippen LogP contribution in [0.4, 0.5) is 43.8 Å². The maximum absolute atomic E-state index is 13.5. The van der Waals surface area contributed by atoms with E-state index in [-0.39, 0.29) is 28.6 Å². The van der Waals surface area contributed by atoms with Gasteiger partial charge in [0.25, 0.3) is 0 Å². The summed E-state index contributed by atoms with van der Waals surface area (Å²) in [7, 11) is 0. The summed E-state index contributed by atoms with van der Waals surface area (Å²) in [6, 6.07) is 11.3. The normalized spacial score (nSPS) is 12.4. The largest absolute Gasteiger partial charge is 0.418 e. The highest BCUT2D eigenvalue weighted by Gasteiger charge is 2.34. The minimum Gasteiger partial charge on any atom is -0.368 e. The van der Waals surface area contributed by atoms with Gasteiger partial charge in [0.2, 0.25) is 5.95 Å². The quantitative estimate of drug-likeness (QED) is 0.293. The van der Waals surface area contributed by atoms with Crippen LogP contribution < -0.4 is 10.6 Å². The van der Waals surface area contributed by atoms with E-state index in [0.717, 1.165) is 18.2 Å². The first kappa shape index (κ1) is 25.2. The molecule has 0 aliphatic carbocycles. The van der Waals surface area contributed by atoms with Crippen molar-refractivity contribution in [3.63, 3.8) is 0 Å². The van der Waals surface area contributed by atoms with Crippen molar-refractivity contribution in [3.05, 3.63) is 71.9 Å². The van der Waals surface area contributed by atoms with E-state index in [1.54, 1.807) is 11.0 Å². The van der Waals surface area contributed by atoms with E-state index in [4.69, 9.17) is 5.73 Å². The smallest absolute Gasteiger partial charge is 0.368 e. The van der Waals surface area contributed by atoms with Crippen molar-refractivity contribution in [1.29, 1.82) is 0 Å². The molecule has 0 atom stereocenters. The van der Waals surface area contributed by atoms with Crippen LogP contribution in [0.1, 0.15) is 25.0 Å². The number of halogens is 6. The highest BCUT2D eigenvalue weighted by molar-refractivity contribution is 5.95. The lowest BCUT2D eigenvalue weighted by Crippen LogP contribution is -2.24. The molecule has 2 aromatic heterocycles. The third kappa shape index (κ3) is 5.19. The number of nitrogen functional groups attached to an aromatic ring is 1. The number of pyridine rings is 1. The van der Waals surface area contributed by atoms with E-state index in [1.807, 2.05) is 13.8 Å². The number of hydrogen-bond acceptors (Lipinski definition) is 5. The molecule has 0 unspecified atom stereocenters. The Morgan fingerprint density at radius 3 is 2.19 bits per heavy atom. The third-order valence-corrected chi connectivity index (χ3v) is 5.39. The first-order valence-corrected chi connectivity index (χ1v) is 10.9. The van der Waals surface area contributed by atoms with E-state index in [0.29, 0.717) is 23.4 Å². The number of nitrogens with zero attached hydrogens (tertiary/aromatic N) is 4. The highest BCUT2D eigenvalue weighted by Crippen LogP contribution is 2.38. The Hall–Kier alpha value is -3.89. The standard InChI is InChI=1S/C25H21F6N5/c1-14(2)13-36(17-8-6-16(7-9-17)24(26,27)28)22-18-10-5-15(12-20(18)34-23(32)35-22)21-19(25(29,30)31)4-3-11-33-21/h3-12,14H,13H2,1-2H3,(H2,32,34,35). The van der Waals surface area contributed by atoms with Gasteiger partial charge in [-0.15, -0.1) is 0 Å². The average molecular weight is 505 g/mol. The second kappa shape index (κ2) is 9.29. The number of aromatic nitrogens is 3. The van der Waals surface area contributed by atoms with Crippen LogP contribution in [0.25, 0.3) is 22.2 Å². The van der Waals surface area contributed by atoms with Gasteiger partial charge in [-0.3, -0.25) is 4.98 Å². The molecular weight excluding hydrogens is 484 g/mol. The van der Waals surface area contributed by atoms with Gasteiger partial charge in [0.1, 0.15) is 5.82 Å². The number of anilines is 3. The average Bonchev–Trinajstić information content (AvgIpc) is 2.80. The van der Waals surface area contributed by atoms with Crippen molar-refractivity contribution < 1.29 is 26.3 Å². The van der Waals surface area contributed by atoms with Gasteiger partial charge in [-0.05, 0) is 54.4 Å². The number of benzene rings is 2. The SMILES string of the molecule is CC(C)CN(c1ccc(C(F)(F)F)cc1)c1nc(N)nc2cc(-c3ncccc3C(F)(F)F)ccc12. The Labute approximate surface area is 202 Å². The van der Waals surface area contributed by atoms with E-state index in [2.05, 4.69) is 15.0 Å². The summed E-state index contributed by atoms with van der Waals surface area (Å²) in [6.45, 7) is 4.25. The maximum Gasteiger partial charge on any atom is 0.418 e. The molecule has 0 amide bonds. The Morgan fingerprint density at radius 1 is 0.889 bits per heavy atom. The highest BCUT2D eigenvalue weighted by atomic mass is 19.4. The van der Waals surface area contributed by atoms with Crippen molar-refractivity contribution in [2.24, 2.45) is 5.92 Å². The Bertz CT molecular complexity index is 1380. The van der Waals surface area contributed by atoms with Crippen molar-refractivity contribution in [3.8, 4) is 11.3 Å². The lowest BCUT2D eigenvalue weighted by Gasteiger charge is -2.27. The van der Waals surface area contributed by atoms with Crippen molar-refractivity contribution >= 4 is 28.4 Å². The van der Waals surface area contributed by atoms with Gasteiger partial charge in [0, 0.05) is 29.4 Å². The fraction of sp³-hybridized carbons (Fsp3) is 0.240. The molecule has 0 aliphatic heterocycles. The Kier molecular flexibility index (Phi) is 6.50. The van der Waals surface area contributed by atoms with E-state index < -0.39 is 23.5 Å². The summed E-state index contributed by atoms with van der Waals surface area (Å²) in [4.78, 5) is 14.2. The van der Waals surface area contributed by atoms with Crippen molar-refractivity contribution in [1.82, 2.24) is 15.0 Å². The minimum absolute atomic E-state index is 0.0840. The first-order valence-electron chi connectivity index (χ1n) is 10.9. The molecule has 0 radical (unpaired) electrons. The van der Waals surface area contributed by atoms with E-state index >= 15 is 0 Å². The van der Waals surface area contributed by atoms with E-state index in [9.17, 15) is 26.3 Å². The van der Waals surface area contributed by atoms with E-state index in [1.165, 1.54) is 36.5 Å². The monoisotopic (exact) mass is 505 g/mol. The molecule has 0 spiro atoms. The van der Waals surface area contributed by atoms with Gasteiger partial charge in [0.05, 0.1) is 22.3 Å². The number of alkyl halides is 6. The van der Waals surface area contributed by atoms with Crippen LogP contribution in [0.5, 0.6) is 0 Å². The van der Waals surface area contributed by atoms with Crippen LogP contribution in [0.2, 0.25) is 0 Å². The minimum atomic E-state index is -4.61. The summed E-state index contributed by atoms with van der Waals surface area (Å²) in [5.41, 5.74) is 4.92. The number of hydrogen-bond donors (Lipinski definition) is 1. The van der Waals surface area contributed by atoms with Gasteiger partial charge in [-0.25, -0.2) is 4.98 Å². The predicted octanol–water partition coefficient (Wildman–Crippen LogP) is 7.11. The summed E-state index contributed by atoms with van der Waals surface area (Å²) in [6.07, 6.45) is -7.82. The molecule has 0 saturated heterocycles. The fourth-order valence-corrected chi connectivity index (χ4v) is 3.86. The number of fused-ring (bicyclic) bond motifs is 1. The van der Waals surface area contributed by atoms with Gasteiger partial charge in [-0.2, -0.15) is 31.3 Å². The molecule has 4 rings (SSSR count). The second-order valence-electron chi connectivity index (χ2n) is 8.58. The molecule has 36 heavy (non-hydrogen) atoms. The van der Waals surface area contributed by atoms with Crippen molar-refractivity contribution in [2.45, 2.75) is 26.2 Å². The molecule has 0 fully saturated rings. The molecule has 188 valence electrons. The topological polar surface area (TPSA) is 67.9 Å². The predicted molar refractivity (Wildman–Crippen MR) is 125 cm³/mol. The first-order chi connectivity index (χ1) is 16.8. The third-order valence-electron chi connectivity index (χ3n) is 5.39. The summed E-state index contributed by atoms with van der Waals surface area (Å²) >= 11 is 0. The molecular formula is C25H21F6N5. The van der Waals surface area contributed by atoms with Crippen LogP contribution in [-0.4, -0.2) is 21.5 Å². The Morgan fingerprint density at radius 2 is 1.58 bits per heavy atom. The van der Waals surface area contributed by atoms with Crippen LogP contribution in [0, 0.1) is 5.92 Å². The molecule has 0 aliphatic rings. The lowest BCUT2D eigenvalue weighted by atomic mass is 10.0. The zero-order valence-corrected chi connectivity index (χ0v) is 19.2. The number of nitrogens with two attached hydrogens (primary N) is 1. The van der Waals surface area contributed by atoms with Crippen LogP contribution in [0.3, 0.4) is 0 Å². The molecule has 11 heteroatoms. The van der Waals surface area contributed by atoms with Gasteiger partial charge in [0.15, 0.2) is 0 Å². The lowest BCUT2D eigenvalue weighted by molar-refractivity contribution is -0.138. The molecule has 0 bridgehead atoms. The molecule has 2 aromatic carbocycles. The van der Waals surface area contributed by atoms with Crippen LogP contribution >= 0.6 is 0 Å². The van der Waals surface area contributed by atoms with Gasteiger partial charge >= 0.3 is 12.4 Å². The fourth-order valence-electron chi connectivity index (χ4n) is 3.86. The summed E-state index contributed by atoms with van der Waals surface area (Å²) in [5, 5.41) is 0.470. The molecule has 4 aromatic rings. The Balaban J connectivity index is 1.86. The zero-order valence-electron chi connectivity index (χ0n) is 19.2. The van der Waals surface area contributed by atoms with Gasteiger partial charge in [-0.1, -0.05) is 19.9 Å². The number of rotatable bonds is 5. The van der Waals surface area contributed by atoms with Gasteiger partial charge < -0.3 is 10.6 Å². The second-order valence-corrected chi connectivity index (χ2v) is 8.58. The molecule has 5 nitrogen and oxygen atoms in total. The summed E-state index contributed by atoms with van der Waals surface area (Å²) in [5.74, 6) is 0.280. The zero-order chi connectivity index (χ0) is 26.3. The van der Waals surface area contributed by atoms with Crippen LogP contribution in [-0.2, 0) is 12.4 Å².